The van der Waals surface area contributed by atoms with Crippen molar-refractivity contribution in [2.45, 2.75) is 39.2 Å². The molecule has 0 heterocycles. The Hall–Kier alpha value is -2.08. The third kappa shape index (κ3) is 4.96. The van der Waals surface area contributed by atoms with Crippen molar-refractivity contribution >= 4 is 35.1 Å². The van der Waals surface area contributed by atoms with Gasteiger partial charge in [0.2, 0.25) is 5.91 Å². The Morgan fingerprint density at radius 1 is 1.29 bits per heavy atom. The maximum Gasteiger partial charge on any atom is 0.326 e. The molecule has 1 unspecified atom stereocenters. The third-order valence-corrected chi connectivity index (χ3v) is 4.06. The molecule has 7 heteroatoms. The van der Waals surface area contributed by atoms with Gasteiger partial charge in [0.25, 0.3) is 5.91 Å². The molecule has 1 saturated carbocycles. The number of hydrogen-bond acceptors (Lipinski definition) is 3. The lowest BCUT2D eigenvalue weighted by atomic mass is 10.1. The van der Waals surface area contributed by atoms with Crippen LogP contribution in [0.25, 0.3) is 0 Å². The van der Waals surface area contributed by atoms with Crippen LogP contribution in [0.1, 0.15) is 43.5 Å². The minimum atomic E-state index is -1.05. The maximum atomic E-state index is 12.4. The summed E-state index contributed by atoms with van der Waals surface area (Å²) in [5.41, 5.74) is 0.597. The fourth-order valence-corrected chi connectivity index (χ4v) is 2.59. The summed E-state index contributed by atoms with van der Waals surface area (Å²) >= 11 is 6.05. The van der Waals surface area contributed by atoms with E-state index in [4.69, 9.17) is 11.6 Å². The number of carbonyl (C=O) groups is 3. The topological polar surface area (TPSA) is 95.5 Å². The van der Waals surface area contributed by atoms with Gasteiger partial charge < -0.3 is 15.7 Å². The van der Waals surface area contributed by atoms with E-state index in [2.05, 4.69) is 10.6 Å². The zero-order valence-electron chi connectivity index (χ0n) is 13.6. The smallest absolute Gasteiger partial charge is 0.326 e. The second-order valence-corrected chi connectivity index (χ2v) is 6.87. The quantitative estimate of drug-likeness (QED) is 0.703. The second kappa shape index (κ2) is 7.66. The lowest BCUT2D eigenvalue weighted by Gasteiger charge is -2.15. The largest absolute Gasteiger partial charge is 0.480 e. The zero-order valence-corrected chi connectivity index (χ0v) is 14.4. The predicted octanol–water partition coefficient (Wildman–Crippen LogP) is 2.92. The van der Waals surface area contributed by atoms with Crippen LogP contribution in [0.4, 0.5) is 5.69 Å². The number of amides is 2. The van der Waals surface area contributed by atoms with Crippen LogP contribution >= 0.6 is 11.6 Å². The molecule has 1 aromatic rings. The Labute approximate surface area is 145 Å². The number of carboxylic acid groups (broad SMARTS) is 1. The van der Waals surface area contributed by atoms with Gasteiger partial charge in [0.1, 0.15) is 6.04 Å². The molecule has 0 saturated heterocycles. The number of carboxylic acids is 1. The molecule has 0 spiro atoms. The number of rotatable bonds is 7. The van der Waals surface area contributed by atoms with Crippen LogP contribution in [0.15, 0.2) is 18.2 Å². The van der Waals surface area contributed by atoms with Crippen LogP contribution in [0.5, 0.6) is 0 Å². The summed E-state index contributed by atoms with van der Waals surface area (Å²) in [5, 5.41) is 14.6. The summed E-state index contributed by atoms with van der Waals surface area (Å²) in [6.45, 7) is 3.87. The van der Waals surface area contributed by atoms with Gasteiger partial charge in [-0.2, -0.15) is 0 Å². The summed E-state index contributed by atoms with van der Waals surface area (Å²) in [6, 6.07) is 3.66. The molecule has 24 heavy (non-hydrogen) atoms. The summed E-state index contributed by atoms with van der Waals surface area (Å²) in [6.07, 6.45) is 1.94. The van der Waals surface area contributed by atoms with E-state index < -0.39 is 17.9 Å². The lowest BCUT2D eigenvalue weighted by molar-refractivity contribution is -0.139. The van der Waals surface area contributed by atoms with Gasteiger partial charge in [-0.15, -0.1) is 0 Å². The van der Waals surface area contributed by atoms with Crippen LogP contribution in [0, 0.1) is 11.8 Å². The molecule has 1 atom stereocenters. The first kappa shape index (κ1) is 18.3. The lowest BCUT2D eigenvalue weighted by Crippen LogP contribution is -2.42. The van der Waals surface area contributed by atoms with Crippen LogP contribution in [-0.2, 0) is 9.59 Å². The first-order valence-corrected chi connectivity index (χ1v) is 8.28. The molecular weight excluding hydrogens is 332 g/mol. The van der Waals surface area contributed by atoms with E-state index in [1.54, 1.807) is 6.07 Å². The highest BCUT2D eigenvalue weighted by Crippen LogP contribution is 2.33. The van der Waals surface area contributed by atoms with E-state index in [9.17, 15) is 19.5 Å². The van der Waals surface area contributed by atoms with E-state index in [0.717, 1.165) is 12.8 Å². The van der Waals surface area contributed by atoms with Crippen molar-refractivity contribution < 1.29 is 19.5 Å². The van der Waals surface area contributed by atoms with Crippen molar-refractivity contribution in [2.75, 3.05) is 5.32 Å². The molecule has 3 N–H and O–H groups in total. The molecule has 0 aliphatic heterocycles. The summed E-state index contributed by atoms with van der Waals surface area (Å²) in [5.74, 6) is -1.57. The molecule has 2 rings (SSSR count). The van der Waals surface area contributed by atoms with Crippen molar-refractivity contribution in [3.8, 4) is 0 Å². The molecule has 1 fully saturated rings. The van der Waals surface area contributed by atoms with Gasteiger partial charge in [0, 0.05) is 12.1 Å². The van der Waals surface area contributed by atoms with Crippen molar-refractivity contribution in [2.24, 2.45) is 11.8 Å². The van der Waals surface area contributed by atoms with E-state index in [1.807, 2.05) is 13.8 Å². The molecule has 1 aliphatic carbocycles. The fourth-order valence-electron chi connectivity index (χ4n) is 2.39. The minimum Gasteiger partial charge on any atom is -0.480 e. The third-order valence-electron chi connectivity index (χ3n) is 3.73. The van der Waals surface area contributed by atoms with Crippen LogP contribution in [-0.4, -0.2) is 28.9 Å². The Morgan fingerprint density at radius 3 is 2.50 bits per heavy atom. The number of anilines is 1. The average Bonchev–Trinajstić information content (AvgIpc) is 3.29. The number of nitrogens with one attached hydrogen (secondary N) is 2. The predicted molar refractivity (Wildman–Crippen MR) is 91.2 cm³/mol. The van der Waals surface area contributed by atoms with Gasteiger partial charge in [-0.3, -0.25) is 9.59 Å². The monoisotopic (exact) mass is 352 g/mol. The molecule has 130 valence electrons. The Morgan fingerprint density at radius 2 is 1.96 bits per heavy atom. The summed E-state index contributed by atoms with van der Waals surface area (Å²) in [7, 11) is 0. The van der Waals surface area contributed by atoms with Crippen molar-refractivity contribution in [1.29, 1.82) is 0 Å². The van der Waals surface area contributed by atoms with Crippen molar-refractivity contribution in [1.82, 2.24) is 5.32 Å². The normalized spacial score (nSPS) is 15.0. The Kier molecular flexibility index (Phi) is 5.83. The van der Waals surface area contributed by atoms with Gasteiger partial charge in [0.05, 0.1) is 10.6 Å². The zero-order chi connectivity index (χ0) is 17.9. The van der Waals surface area contributed by atoms with Crippen molar-refractivity contribution in [3.05, 3.63) is 28.8 Å². The Bertz CT molecular complexity index is 656. The first-order valence-electron chi connectivity index (χ1n) is 7.91. The number of benzene rings is 1. The van der Waals surface area contributed by atoms with Crippen LogP contribution < -0.4 is 10.6 Å². The van der Waals surface area contributed by atoms with E-state index in [0.29, 0.717) is 12.1 Å². The molecule has 0 aromatic heterocycles. The number of aliphatic carboxylic acids is 1. The number of carbonyl (C=O) groups excluding carboxylic acids is 2. The fraction of sp³-hybridized carbons (Fsp3) is 0.471. The van der Waals surface area contributed by atoms with Gasteiger partial charge >= 0.3 is 5.97 Å². The van der Waals surface area contributed by atoms with E-state index >= 15 is 0 Å². The van der Waals surface area contributed by atoms with Gasteiger partial charge in [-0.05, 0) is 42.9 Å². The summed E-state index contributed by atoms with van der Waals surface area (Å²) < 4.78 is 0. The van der Waals surface area contributed by atoms with E-state index in [1.165, 1.54) is 12.1 Å². The van der Waals surface area contributed by atoms with Crippen LogP contribution in [0.2, 0.25) is 5.02 Å². The standard InChI is InChI=1S/C17H21ClN2O4/c1-9(2)7-14(21)19-11-5-6-13(18)12(8-11)16(22)20-15(17(23)24)10-3-4-10/h5-6,8-10,15H,3-4,7H2,1-2H3,(H,19,21)(H,20,22)(H,23,24). The minimum absolute atomic E-state index is 0.0286. The SMILES string of the molecule is CC(C)CC(=O)Nc1ccc(Cl)c(C(=O)NC(C(=O)O)C2CC2)c1. The second-order valence-electron chi connectivity index (χ2n) is 6.47. The van der Waals surface area contributed by atoms with Gasteiger partial charge in [-0.25, -0.2) is 4.79 Å². The molecule has 1 aliphatic rings. The van der Waals surface area contributed by atoms with Gasteiger partial charge in [0.15, 0.2) is 0 Å². The molecule has 1 aromatic carbocycles. The summed E-state index contributed by atoms with van der Waals surface area (Å²) in [4.78, 5) is 35.4. The van der Waals surface area contributed by atoms with Gasteiger partial charge in [-0.1, -0.05) is 25.4 Å². The van der Waals surface area contributed by atoms with Crippen molar-refractivity contribution in [3.63, 3.8) is 0 Å². The molecule has 2 amide bonds. The van der Waals surface area contributed by atoms with E-state index in [-0.39, 0.29) is 28.3 Å². The average molecular weight is 353 g/mol. The number of halogens is 1. The number of hydrogen-bond donors (Lipinski definition) is 3. The Balaban J connectivity index is 2.11. The first-order chi connectivity index (χ1) is 11.3. The molecule has 6 nitrogen and oxygen atoms in total. The maximum absolute atomic E-state index is 12.4. The molecular formula is C17H21ClN2O4. The van der Waals surface area contributed by atoms with Crippen LogP contribution in [0.3, 0.4) is 0 Å². The highest BCUT2D eigenvalue weighted by Gasteiger charge is 2.37. The highest BCUT2D eigenvalue weighted by atomic mass is 35.5. The molecule has 0 radical (unpaired) electrons. The molecule has 0 bridgehead atoms. The highest BCUT2D eigenvalue weighted by molar-refractivity contribution is 6.34.